The van der Waals surface area contributed by atoms with Crippen LogP contribution in [0.25, 0.3) is 28.5 Å². The summed E-state index contributed by atoms with van der Waals surface area (Å²) in [5.41, 5.74) is 3.33. The van der Waals surface area contributed by atoms with Gasteiger partial charge in [0.2, 0.25) is 5.95 Å². The third-order valence-electron chi connectivity index (χ3n) is 3.92. The Hall–Kier alpha value is -3.32. The molecule has 128 valence electrons. The predicted molar refractivity (Wildman–Crippen MR) is 97.0 cm³/mol. The molecule has 1 aromatic carbocycles. The lowest BCUT2D eigenvalue weighted by Crippen LogP contribution is -2.00. The molecule has 3 aromatic heterocycles. The Labute approximate surface area is 154 Å². The molecular weight excluding hydrogens is 352 g/mol. The number of nitrogens with zero attached hydrogens (tertiary/aromatic N) is 6. The predicted octanol–water partition coefficient (Wildman–Crippen LogP) is 3.45. The van der Waals surface area contributed by atoms with Crippen LogP contribution in [-0.4, -0.2) is 34.8 Å². The van der Waals surface area contributed by atoms with Gasteiger partial charge in [-0.25, -0.2) is 24.6 Å². The second-order valence-corrected chi connectivity index (χ2v) is 5.99. The van der Waals surface area contributed by atoms with Crippen LogP contribution in [-0.2, 0) is 0 Å². The minimum Gasteiger partial charge on any atom is -0.508 e. The van der Waals surface area contributed by atoms with Crippen molar-refractivity contribution in [1.82, 2.24) is 29.7 Å². The summed E-state index contributed by atoms with van der Waals surface area (Å²) in [5, 5.41) is 15.2. The largest absolute Gasteiger partial charge is 0.508 e. The molecule has 0 aliphatic heterocycles. The number of hydrogen-bond donors (Lipinski definition) is 1. The Morgan fingerprint density at radius 3 is 2.58 bits per heavy atom. The van der Waals surface area contributed by atoms with Crippen molar-refractivity contribution in [3.8, 4) is 34.2 Å². The number of aromatic hydroxyl groups is 1. The van der Waals surface area contributed by atoms with Crippen LogP contribution in [0.3, 0.4) is 0 Å². The van der Waals surface area contributed by atoms with E-state index in [4.69, 9.17) is 11.6 Å². The maximum Gasteiger partial charge on any atom is 0.250 e. The highest BCUT2D eigenvalue weighted by molar-refractivity contribution is 6.31. The number of phenols is 1. The normalized spacial score (nSPS) is 10.8. The Kier molecular flexibility index (Phi) is 4.06. The van der Waals surface area contributed by atoms with Gasteiger partial charge in [0.1, 0.15) is 17.8 Å². The van der Waals surface area contributed by atoms with Crippen molar-refractivity contribution in [3.63, 3.8) is 0 Å². The Morgan fingerprint density at radius 1 is 1.08 bits per heavy atom. The monoisotopic (exact) mass is 364 g/mol. The average molecular weight is 365 g/mol. The van der Waals surface area contributed by atoms with Crippen LogP contribution < -0.4 is 0 Å². The Balaban J connectivity index is 1.94. The molecule has 0 bridgehead atoms. The van der Waals surface area contributed by atoms with Crippen LogP contribution in [0.5, 0.6) is 5.75 Å². The van der Waals surface area contributed by atoms with Crippen molar-refractivity contribution >= 4 is 11.6 Å². The summed E-state index contributed by atoms with van der Waals surface area (Å²) in [7, 11) is 0. The third kappa shape index (κ3) is 2.89. The van der Waals surface area contributed by atoms with Gasteiger partial charge in [-0.15, -0.1) is 0 Å². The fourth-order valence-electron chi connectivity index (χ4n) is 2.54. The number of aromatic nitrogens is 6. The summed E-state index contributed by atoms with van der Waals surface area (Å²) in [5.74, 6) is 0.531. The second kappa shape index (κ2) is 6.53. The van der Waals surface area contributed by atoms with Gasteiger partial charge in [-0.2, -0.15) is 5.10 Å². The first-order valence-corrected chi connectivity index (χ1v) is 8.14. The summed E-state index contributed by atoms with van der Waals surface area (Å²) in [6.07, 6.45) is 8.19. The third-order valence-corrected chi connectivity index (χ3v) is 4.31. The molecule has 0 fully saturated rings. The molecule has 4 aromatic rings. The highest BCUT2D eigenvalue weighted by atomic mass is 35.5. The van der Waals surface area contributed by atoms with Crippen molar-refractivity contribution in [2.75, 3.05) is 0 Å². The molecule has 0 atom stereocenters. The first kappa shape index (κ1) is 16.2. The molecule has 0 saturated heterocycles. The molecule has 3 heterocycles. The van der Waals surface area contributed by atoms with E-state index in [0.717, 1.165) is 5.56 Å². The van der Waals surface area contributed by atoms with E-state index in [9.17, 15) is 5.11 Å². The van der Waals surface area contributed by atoms with Gasteiger partial charge in [0.05, 0.1) is 5.69 Å². The summed E-state index contributed by atoms with van der Waals surface area (Å²) >= 11 is 6.25. The van der Waals surface area contributed by atoms with Gasteiger partial charge < -0.3 is 5.11 Å². The maximum atomic E-state index is 10.2. The van der Waals surface area contributed by atoms with E-state index < -0.39 is 0 Å². The minimum absolute atomic E-state index is 0.103. The van der Waals surface area contributed by atoms with Crippen LogP contribution in [0.1, 0.15) is 5.56 Å². The van der Waals surface area contributed by atoms with Crippen LogP contribution >= 0.6 is 11.6 Å². The highest BCUT2D eigenvalue weighted by Crippen LogP contribution is 2.36. The zero-order valence-corrected chi connectivity index (χ0v) is 14.5. The summed E-state index contributed by atoms with van der Waals surface area (Å²) < 4.78 is 1.57. The van der Waals surface area contributed by atoms with Crippen LogP contribution in [0.2, 0.25) is 5.02 Å². The van der Waals surface area contributed by atoms with Gasteiger partial charge in [-0.1, -0.05) is 11.6 Å². The molecule has 0 unspecified atom stereocenters. The van der Waals surface area contributed by atoms with Gasteiger partial charge in [0.15, 0.2) is 0 Å². The van der Waals surface area contributed by atoms with Gasteiger partial charge >= 0.3 is 0 Å². The fourth-order valence-corrected chi connectivity index (χ4v) is 2.75. The molecule has 8 heteroatoms. The van der Waals surface area contributed by atoms with Gasteiger partial charge in [-0.3, -0.25) is 0 Å². The van der Waals surface area contributed by atoms with E-state index in [1.165, 1.54) is 6.33 Å². The number of phenolic OH excluding ortho intramolecular Hbond substituents is 1. The molecule has 7 nitrogen and oxygen atoms in total. The molecule has 26 heavy (non-hydrogen) atoms. The lowest BCUT2D eigenvalue weighted by atomic mass is 10.0. The SMILES string of the molecule is Cc1c(O)cc(-c2nn(-c3ncccn3)cc2-c2ccncn2)cc1Cl. The van der Waals surface area contributed by atoms with Crippen LogP contribution in [0.15, 0.2) is 55.4 Å². The van der Waals surface area contributed by atoms with E-state index in [1.807, 2.05) is 0 Å². The van der Waals surface area contributed by atoms with Gasteiger partial charge in [-0.05, 0) is 31.2 Å². The van der Waals surface area contributed by atoms with Gasteiger partial charge in [0.25, 0.3) is 0 Å². The minimum atomic E-state index is 0.103. The number of hydrogen-bond acceptors (Lipinski definition) is 6. The molecule has 1 N–H and O–H groups in total. The summed E-state index contributed by atoms with van der Waals surface area (Å²) in [4.78, 5) is 16.7. The molecule has 0 saturated carbocycles. The fraction of sp³-hybridized carbons (Fsp3) is 0.0556. The zero-order chi connectivity index (χ0) is 18.1. The molecule has 0 aliphatic rings. The topological polar surface area (TPSA) is 89.6 Å². The average Bonchev–Trinajstić information content (AvgIpc) is 3.12. The van der Waals surface area contributed by atoms with Crippen molar-refractivity contribution in [3.05, 3.63) is 66.0 Å². The van der Waals surface area contributed by atoms with Crippen molar-refractivity contribution in [1.29, 1.82) is 0 Å². The first-order chi connectivity index (χ1) is 12.6. The first-order valence-electron chi connectivity index (χ1n) is 7.76. The number of rotatable bonds is 3. The van der Waals surface area contributed by atoms with E-state index in [0.29, 0.717) is 33.5 Å². The summed E-state index contributed by atoms with van der Waals surface area (Å²) in [6.45, 7) is 1.75. The van der Waals surface area contributed by atoms with Crippen molar-refractivity contribution in [2.24, 2.45) is 0 Å². The van der Waals surface area contributed by atoms with E-state index in [-0.39, 0.29) is 5.75 Å². The van der Waals surface area contributed by atoms with Gasteiger partial charge in [0, 0.05) is 46.5 Å². The summed E-state index contributed by atoms with van der Waals surface area (Å²) in [6, 6.07) is 6.91. The van der Waals surface area contributed by atoms with E-state index in [1.54, 1.807) is 60.7 Å². The molecular formula is C18H13ClN6O. The Bertz CT molecular complexity index is 1040. The molecule has 0 radical (unpaired) electrons. The Morgan fingerprint density at radius 2 is 1.88 bits per heavy atom. The molecule has 4 rings (SSSR count). The second-order valence-electron chi connectivity index (χ2n) is 5.58. The standard InChI is InChI=1S/C18H13ClN6O/c1-11-14(19)7-12(8-16(11)26)17-13(15-3-6-20-10-23-15)9-25(24-17)18-21-4-2-5-22-18/h2-10,26H,1H3. The van der Waals surface area contributed by atoms with Crippen molar-refractivity contribution < 1.29 is 5.11 Å². The smallest absolute Gasteiger partial charge is 0.250 e. The van der Waals surface area contributed by atoms with Crippen molar-refractivity contribution in [2.45, 2.75) is 6.92 Å². The molecule has 0 aliphatic carbocycles. The highest BCUT2D eigenvalue weighted by Gasteiger charge is 2.18. The quantitative estimate of drug-likeness (QED) is 0.598. The van der Waals surface area contributed by atoms with E-state index in [2.05, 4.69) is 25.0 Å². The van der Waals surface area contributed by atoms with Crippen LogP contribution in [0, 0.1) is 6.92 Å². The maximum absolute atomic E-state index is 10.2. The van der Waals surface area contributed by atoms with E-state index >= 15 is 0 Å². The number of halogens is 1. The number of benzene rings is 1. The molecule has 0 spiro atoms. The van der Waals surface area contributed by atoms with Crippen LogP contribution in [0.4, 0.5) is 0 Å². The lowest BCUT2D eigenvalue weighted by molar-refractivity contribution is 0.471. The zero-order valence-electron chi connectivity index (χ0n) is 13.7. The molecule has 0 amide bonds. The lowest BCUT2D eigenvalue weighted by Gasteiger charge is -2.06.